The molecule has 3 rings (SSSR count). The SMILES string of the molecule is O=C(CC1COCCN1C(=O)Nc1ccc(F)cc1F)N1CCSCC1. The van der Waals surface area contributed by atoms with E-state index in [2.05, 4.69) is 5.32 Å². The van der Waals surface area contributed by atoms with E-state index in [1.165, 1.54) is 11.0 Å². The second-order valence-electron chi connectivity index (χ2n) is 6.17. The number of morpholine rings is 1. The van der Waals surface area contributed by atoms with Gasteiger partial charge in [0.25, 0.3) is 0 Å². The Balaban J connectivity index is 1.63. The van der Waals surface area contributed by atoms with Gasteiger partial charge in [0, 0.05) is 43.6 Å². The number of rotatable bonds is 3. The largest absolute Gasteiger partial charge is 0.377 e. The van der Waals surface area contributed by atoms with Gasteiger partial charge in [-0.25, -0.2) is 13.6 Å². The van der Waals surface area contributed by atoms with E-state index in [1.807, 2.05) is 11.8 Å². The number of thioether (sulfide) groups is 1. The van der Waals surface area contributed by atoms with Crippen molar-refractivity contribution in [2.45, 2.75) is 12.5 Å². The predicted octanol–water partition coefficient (Wildman–Crippen LogP) is 2.16. The van der Waals surface area contributed by atoms with Crippen LogP contribution in [0.15, 0.2) is 18.2 Å². The Labute approximate surface area is 154 Å². The summed E-state index contributed by atoms with van der Waals surface area (Å²) in [6.45, 7) is 2.34. The van der Waals surface area contributed by atoms with Gasteiger partial charge in [0.1, 0.15) is 11.6 Å². The third kappa shape index (κ3) is 4.64. The van der Waals surface area contributed by atoms with E-state index >= 15 is 0 Å². The molecule has 2 aliphatic rings. The molecule has 9 heteroatoms. The van der Waals surface area contributed by atoms with Crippen LogP contribution in [-0.4, -0.2) is 72.1 Å². The molecule has 0 bridgehead atoms. The molecule has 0 spiro atoms. The highest BCUT2D eigenvalue weighted by Crippen LogP contribution is 2.19. The van der Waals surface area contributed by atoms with Gasteiger partial charge in [0.05, 0.1) is 24.9 Å². The van der Waals surface area contributed by atoms with Crippen molar-refractivity contribution in [2.75, 3.05) is 49.7 Å². The number of hydrogen-bond acceptors (Lipinski definition) is 4. The van der Waals surface area contributed by atoms with Gasteiger partial charge < -0.3 is 19.9 Å². The Morgan fingerprint density at radius 1 is 1.23 bits per heavy atom. The lowest BCUT2D eigenvalue weighted by Crippen LogP contribution is -2.52. The maximum absolute atomic E-state index is 13.8. The molecule has 0 saturated carbocycles. The molecule has 6 nitrogen and oxygen atoms in total. The molecule has 142 valence electrons. The zero-order chi connectivity index (χ0) is 18.5. The standard InChI is InChI=1S/C17H21F2N3O3S/c18-12-1-2-15(14(19)9-12)20-17(24)22-3-6-25-11-13(22)10-16(23)21-4-7-26-8-5-21/h1-2,9,13H,3-8,10-11H2,(H,20,24). The van der Waals surface area contributed by atoms with Crippen molar-refractivity contribution in [1.82, 2.24) is 9.80 Å². The average Bonchev–Trinajstić information content (AvgIpc) is 2.65. The number of halogens is 2. The average molecular weight is 385 g/mol. The van der Waals surface area contributed by atoms with Crippen LogP contribution in [0.5, 0.6) is 0 Å². The highest BCUT2D eigenvalue weighted by Gasteiger charge is 2.31. The van der Waals surface area contributed by atoms with Gasteiger partial charge in [-0.3, -0.25) is 4.79 Å². The lowest BCUT2D eigenvalue weighted by atomic mass is 10.1. The summed E-state index contributed by atoms with van der Waals surface area (Å²) in [4.78, 5) is 28.3. The van der Waals surface area contributed by atoms with Gasteiger partial charge >= 0.3 is 6.03 Å². The van der Waals surface area contributed by atoms with E-state index in [-0.39, 0.29) is 24.6 Å². The van der Waals surface area contributed by atoms with E-state index in [0.717, 1.165) is 17.6 Å². The van der Waals surface area contributed by atoms with Gasteiger partial charge in [0.15, 0.2) is 0 Å². The fourth-order valence-corrected chi connectivity index (χ4v) is 3.92. The van der Waals surface area contributed by atoms with Crippen molar-refractivity contribution in [3.8, 4) is 0 Å². The van der Waals surface area contributed by atoms with Crippen LogP contribution in [-0.2, 0) is 9.53 Å². The molecule has 26 heavy (non-hydrogen) atoms. The Morgan fingerprint density at radius 2 is 2.00 bits per heavy atom. The third-order valence-electron chi connectivity index (χ3n) is 4.44. The summed E-state index contributed by atoms with van der Waals surface area (Å²) < 4.78 is 32.2. The van der Waals surface area contributed by atoms with Crippen LogP contribution in [0.25, 0.3) is 0 Å². The van der Waals surface area contributed by atoms with E-state index < -0.39 is 23.7 Å². The van der Waals surface area contributed by atoms with Crippen molar-refractivity contribution in [3.05, 3.63) is 29.8 Å². The number of ether oxygens (including phenoxy) is 1. The summed E-state index contributed by atoms with van der Waals surface area (Å²) in [6, 6.07) is 2.03. The quantitative estimate of drug-likeness (QED) is 0.866. The first-order valence-electron chi connectivity index (χ1n) is 8.50. The van der Waals surface area contributed by atoms with Gasteiger partial charge in [-0.1, -0.05) is 0 Å². The summed E-state index contributed by atoms with van der Waals surface area (Å²) in [5.41, 5.74) is -0.0963. The first-order chi connectivity index (χ1) is 12.5. The highest BCUT2D eigenvalue weighted by molar-refractivity contribution is 7.99. The van der Waals surface area contributed by atoms with Crippen LogP contribution in [0.1, 0.15) is 6.42 Å². The maximum atomic E-state index is 13.8. The molecule has 1 aromatic carbocycles. The van der Waals surface area contributed by atoms with Gasteiger partial charge in [-0.2, -0.15) is 11.8 Å². The van der Waals surface area contributed by atoms with Gasteiger partial charge in [-0.15, -0.1) is 0 Å². The molecule has 1 atom stereocenters. The molecule has 0 aliphatic carbocycles. The Hall–Kier alpha value is -1.87. The van der Waals surface area contributed by atoms with Crippen LogP contribution in [0.3, 0.4) is 0 Å². The summed E-state index contributed by atoms with van der Waals surface area (Å²) in [5, 5.41) is 2.45. The molecular formula is C17H21F2N3O3S. The van der Waals surface area contributed by atoms with Crippen molar-refractivity contribution in [3.63, 3.8) is 0 Å². The maximum Gasteiger partial charge on any atom is 0.322 e. The van der Waals surface area contributed by atoms with E-state index in [4.69, 9.17) is 4.74 Å². The molecule has 1 N–H and O–H groups in total. The van der Waals surface area contributed by atoms with Crippen molar-refractivity contribution in [1.29, 1.82) is 0 Å². The fraction of sp³-hybridized carbons (Fsp3) is 0.529. The normalized spacial score (nSPS) is 20.8. The van der Waals surface area contributed by atoms with Gasteiger partial charge in [-0.05, 0) is 12.1 Å². The predicted molar refractivity (Wildman–Crippen MR) is 95.2 cm³/mol. The molecule has 2 aliphatic heterocycles. The summed E-state index contributed by atoms with van der Waals surface area (Å²) in [7, 11) is 0. The molecule has 0 radical (unpaired) electrons. The zero-order valence-corrected chi connectivity index (χ0v) is 15.1. The molecule has 1 aromatic rings. The second kappa shape index (κ2) is 8.68. The third-order valence-corrected chi connectivity index (χ3v) is 5.38. The lowest BCUT2D eigenvalue weighted by Gasteiger charge is -2.36. The second-order valence-corrected chi connectivity index (χ2v) is 7.40. The zero-order valence-electron chi connectivity index (χ0n) is 14.2. The number of carbonyl (C=O) groups excluding carboxylic acids is 2. The van der Waals surface area contributed by atoms with E-state index in [9.17, 15) is 18.4 Å². The fourth-order valence-electron chi connectivity index (χ4n) is 3.01. The number of urea groups is 1. The number of amides is 3. The summed E-state index contributed by atoms with van der Waals surface area (Å²) >= 11 is 1.82. The Morgan fingerprint density at radius 3 is 2.73 bits per heavy atom. The topological polar surface area (TPSA) is 61.9 Å². The lowest BCUT2D eigenvalue weighted by molar-refractivity contribution is -0.133. The monoisotopic (exact) mass is 385 g/mol. The molecule has 1 unspecified atom stereocenters. The van der Waals surface area contributed by atoms with Crippen LogP contribution in [0, 0.1) is 11.6 Å². The molecule has 3 amide bonds. The number of hydrogen-bond donors (Lipinski definition) is 1. The Kier molecular flexibility index (Phi) is 6.31. The minimum atomic E-state index is -0.843. The molecule has 2 heterocycles. The van der Waals surface area contributed by atoms with Crippen LogP contribution < -0.4 is 5.32 Å². The van der Waals surface area contributed by atoms with E-state index in [0.29, 0.717) is 32.3 Å². The molecule has 0 aromatic heterocycles. The molecule has 2 saturated heterocycles. The molecular weight excluding hydrogens is 364 g/mol. The smallest absolute Gasteiger partial charge is 0.322 e. The van der Waals surface area contributed by atoms with Crippen molar-refractivity contribution >= 4 is 29.4 Å². The minimum absolute atomic E-state index is 0.00781. The number of carbonyl (C=O) groups is 2. The first-order valence-corrected chi connectivity index (χ1v) is 9.66. The van der Waals surface area contributed by atoms with Crippen molar-refractivity contribution < 1.29 is 23.1 Å². The number of nitrogens with one attached hydrogen (secondary N) is 1. The van der Waals surface area contributed by atoms with E-state index in [1.54, 1.807) is 4.90 Å². The highest BCUT2D eigenvalue weighted by atomic mass is 32.2. The molecule has 2 fully saturated rings. The first kappa shape index (κ1) is 18.9. The number of benzene rings is 1. The minimum Gasteiger partial charge on any atom is -0.377 e. The Bertz CT molecular complexity index is 671. The van der Waals surface area contributed by atoms with Gasteiger partial charge in [0.2, 0.25) is 5.91 Å². The summed E-state index contributed by atoms with van der Waals surface area (Å²) in [5.74, 6) is 0.272. The van der Waals surface area contributed by atoms with Crippen molar-refractivity contribution in [2.24, 2.45) is 0 Å². The van der Waals surface area contributed by atoms with Crippen LogP contribution in [0.4, 0.5) is 19.3 Å². The van der Waals surface area contributed by atoms with Crippen LogP contribution in [0.2, 0.25) is 0 Å². The number of nitrogens with zero attached hydrogens (tertiary/aromatic N) is 2. The summed E-state index contributed by atoms with van der Waals surface area (Å²) in [6.07, 6.45) is 0.171. The number of anilines is 1. The van der Waals surface area contributed by atoms with Crippen LogP contribution >= 0.6 is 11.8 Å².